The fraction of sp³-hybridized carbons (Fsp3) is 0.769. The van der Waals surface area contributed by atoms with Crippen LogP contribution in [0.2, 0.25) is 0 Å². The molecule has 0 spiro atoms. The summed E-state index contributed by atoms with van der Waals surface area (Å²) >= 11 is 0. The van der Waals surface area contributed by atoms with Gasteiger partial charge in [0.1, 0.15) is 0 Å². The molecule has 6 heteroatoms. The lowest BCUT2D eigenvalue weighted by Crippen LogP contribution is -2.40. The largest absolute Gasteiger partial charge is 0.481 e. The van der Waals surface area contributed by atoms with Gasteiger partial charge in [0.15, 0.2) is 0 Å². The Kier molecular flexibility index (Phi) is 5.79. The molecule has 1 rings (SSSR count). The Morgan fingerprint density at radius 3 is 2.26 bits per heavy atom. The minimum atomic E-state index is -0.897. The van der Waals surface area contributed by atoms with Crippen molar-refractivity contribution in [1.29, 1.82) is 0 Å². The molecule has 0 aromatic carbocycles. The normalized spacial score (nSPS) is 22.3. The number of carbonyl (C=O) groups excluding carboxylic acids is 2. The molecule has 1 fully saturated rings. The van der Waals surface area contributed by atoms with E-state index in [1.165, 1.54) is 0 Å². The number of carbonyl (C=O) groups is 3. The molecule has 0 heterocycles. The minimum Gasteiger partial charge on any atom is -0.481 e. The van der Waals surface area contributed by atoms with Gasteiger partial charge in [-0.2, -0.15) is 0 Å². The topological polar surface area (TPSA) is 95.5 Å². The number of aliphatic carboxylic acids is 1. The molecule has 0 radical (unpaired) electrons. The van der Waals surface area contributed by atoms with Gasteiger partial charge in [0.2, 0.25) is 11.8 Å². The van der Waals surface area contributed by atoms with Gasteiger partial charge in [-0.15, -0.1) is 0 Å². The van der Waals surface area contributed by atoms with E-state index in [1.54, 1.807) is 13.8 Å². The van der Waals surface area contributed by atoms with Crippen molar-refractivity contribution >= 4 is 17.8 Å². The quantitative estimate of drug-likeness (QED) is 0.608. The van der Waals surface area contributed by atoms with Crippen molar-refractivity contribution in [1.82, 2.24) is 10.6 Å². The van der Waals surface area contributed by atoms with Gasteiger partial charge in [-0.25, -0.2) is 0 Å². The fourth-order valence-corrected chi connectivity index (χ4v) is 2.28. The highest BCUT2D eigenvalue weighted by Gasteiger charge is 2.37. The Bertz CT molecular complexity index is 355. The molecular weight excluding hydrogens is 248 g/mol. The molecule has 0 aliphatic heterocycles. The second kappa shape index (κ2) is 7.11. The number of nitrogens with one attached hydrogen (secondary N) is 2. The third kappa shape index (κ3) is 4.54. The summed E-state index contributed by atoms with van der Waals surface area (Å²) in [5.41, 5.74) is 0. The van der Waals surface area contributed by atoms with Crippen LogP contribution < -0.4 is 10.6 Å². The van der Waals surface area contributed by atoms with Crippen LogP contribution in [0.5, 0.6) is 0 Å². The van der Waals surface area contributed by atoms with Crippen LogP contribution in [-0.2, 0) is 14.4 Å². The standard InChI is InChI=1S/C13H22N2O4/c1-8(2)11(16)14-6-7-15-12(17)9-4-3-5-10(9)13(18)19/h8-10H,3-7H2,1-2H3,(H,14,16)(H,15,17)(H,18,19)/t9-,10+/m1/s1. The number of carboxylic acids is 1. The van der Waals surface area contributed by atoms with E-state index in [0.29, 0.717) is 25.9 Å². The van der Waals surface area contributed by atoms with Crippen LogP contribution >= 0.6 is 0 Å². The van der Waals surface area contributed by atoms with E-state index in [9.17, 15) is 14.4 Å². The Balaban J connectivity index is 2.28. The third-order valence-electron chi connectivity index (χ3n) is 3.42. The molecule has 6 nitrogen and oxygen atoms in total. The first-order valence-corrected chi connectivity index (χ1v) is 6.71. The van der Waals surface area contributed by atoms with E-state index in [2.05, 4.69) is 10.6 Å². The van der Waals surface area contributed by atoms with Gasteiger partial charge in [-0.05, 0) is 12.8 Å². The van der Waals surface area contributed by atoms with Crippen LogP contribution in [0.3, 0.4) is 0 Å². The summed E-state index contributed by atoms with van der Waals surface area (Å²) in [6.07, 6.45) is 1.97. The number of hydrogen-bond acceptors (Lipinski definition) is 3. The maximum atomic E-state index is 11.9. The van der Waals surface area contributed by atoms with E-state index >= 15 is 0 Å². The zero-order valence-corrected chi connectivity index (χ0v) is 11.4. The summed E-state index contributed by atoms with van der Waals surface area (Å²) < 4.78 is 0. The first kappa shape index (κ1) is 15.5. The van der Waals surface area contributed by atoms with Crippen molar-refractivity contribution in [2.45, 2.75) is 33.1 Å². The highest BCUT2D eigenvalue weighted by Crippen LogP contribution is 2.31. The van der Waals surface area contributed by atoms with Crippen LogP contribution in [-0.4, -0.2) is 36.0 Å². The third-order valence-corrected chi connectivity index (χ3v) is 3.42. The molecular formula is C13H22N2O4. The van der Waals surface area contributed by atoms with Crippen LogP contribution in [0.4, 0.5) is 0 Å². The highest BCUT2D eigenvalue weighted by molar-refractivity contribution is 5.85. The maximum Gasteiger partial charge on any atom is 0.307 e. The van der Waals surface area contributed by atoms with Gasteiger partial charge in [0, 0.05) is 19.0 Å². The van der Waals surface area contributed by atoms with E-state index < -0.39 is 17.8 Å². The van der Waals surface area contributed by atoms with Crippen LogP contribution in [0.25, 0.3) is 0 Å². The fourth-order valence-electron chi connectivity index (χ4n) is 2.28. The lowest BCUT2D eigenvalue weighted by atomic mass is 9.95. The maximum absolute atomic E-state index is 11.9. The first-order valence-electron chi connectivity index (χ1n) is 6.71. The van der Waals surface area contributed by atoms with Gasteiger partial charge in [0.25, 0.3) is 0 Å². The molecule has 1 aliphatic rings. The summed E-state index contributed by atoms with van der Waals surface area (Å²) in [4.78, 5) is 34.1. The van der Waals surface area contributed by atoms with Gasteiger partial charge in [0.05, 0.1) is 11.8 Å². The molecule has 0 bridgehead atoms. The Hall–Kier alpha value is -1.59. The summed E-state index contributed by atoms with van der Waals surface area (Å²) in [6.45, 7) is 4.29. The molecule has 0 aromatic rings. The van der Waals surface area contributed by atoms with Gasteiger partial charge >= 0.3 is 5.97 Å². The average molecular weight is 270 g/mol. The smallest absolute Gasteiger partial charge is 0.307 e. The predicted molar refractivity (Wildman–Crippen MR) is 69.3 cm³/mol. The van der Waals surface area contributed by atoms with Crippen LogP contribution in [0.15, 0.2) is 0 Å². The summed E-state index contributed by atoms with van der Waals surface area (Å²) in [7, 11) is 0. The molecule has 2 atom stereocenters. The first-order chi connectivity index (χ1) is 8.93. The second-order valence-corrected chi connectivity index (χ2v) is 5.22. The van der Waals surface area contributed by atoms with E-state index in [0.717, 1.165) is 6.42 Å². The lowest BCUT2D eigenvalue weighted by Gasteiger charge is -2.15. The molecule has 19 heavy (non-hydrogen) atoms. The van der Waals surface area contributed by atoms with Gasteiger partial charge in [-0.1, -0.05) is 20.3 Å². The van der Waals surface area contributed by atoms with E-state index in [4.69, 9.17) is 5.11 Å². The number of hydrogen-bond donors (Lipinski definition) is 3. The molecule has 3 N–H and O–H groups in total. The molecule has 0 saturated heterocycles. The molecule has 108 valence electrons. The van der Waals surface area contributed by atoms with Crippen molar-refractivity contribution < 1.29 is 19.5 Å². The Morgan fingerprint density at radius 1 is 1.11 bits per heavy atom. The summed E-state index contributed by atoms with van der Waals surface area (Å²) in [6, 6.07) is 0. The minimum absolute atomic E-state index is 0.0569. The number of rotatable bonds is 6. The molecule has 1 aliphatic carbocycles. The number of amides is 2. The summed E-state index contributed by atoms with van der Waals surface area (Å²) in [5.74, 6) is -2.25. The molecule has 0 unspecified atom stereocenters. The zero-order chi connectivity index (χ0) is 14.4. The van der Waals surface area contributed by atoms with Crippen LogP contribution in [0, 0.1) is 17.8 Å². The second-order valence-electron chi connectivity index (χ2n) is 5.22. The monoisotopic (exact) mass is 270 g/mol. The number of carboxylic acid groups (broad SMARTS) is 1. The zero-order valence-electron chi connectivity index (χ0n) is 11.4. The molecule has 2 amide bonds. The van der Waals surface area contributed by atoms with Crippen LogP contribution in [0.1, 0.15) is 33.1 Å². The highest BCUT2D eigenvalue weighted by atomic mass is 16.4. The molecule has 0 aromatic heterocycles. The van der Waals surface area contributed by atoms with Crippen molar-refractivity contribution in [3.63, 3.8) is 0 Å². The Morgan fingerprint density at radius 2 is 1.68 bits per heavy atom. The van der Waals surface area contributed by atoms with Crippen molar-refractivity contribution in [2.24, 2.45) is 17.8 Å². The van der Waals surface area contributed by atoms with Crippen molar-refractivity contribution in [2.75, 3.05) is 13.1 Å². The van der Waals surface area contributed by atoms with Crippen molar-refractivity contribution in [3.8, 4) is 0 Å². The van der Waals surface area contributed by atoms with Crippen molar-refractivity contribution in [3.05, 3.63) is 0 Å². The van der Waals surface area contributed by atoms with Gasteiger partial charge < -0.3 is 15.7 Å². The van der Waals surface area contributed by atoms with E-state index in [1.807, 2.05) is 0 Å². The SMILES string of the molecule is CC(C)C(=O)NCCNC(=O)[C@@H]1CCC[C@@H]1C(=O)O. The predicted octanol–water partition coefficient (Wildman–Crippen LogP) is 0.376. The van der Waals surface area contributed by atoms with Gasteiger partial charge in [-0.3, -0.25) is 14.4 Å². The Labute approximate surface area is 112 Å². The van der Waals surface area contributed by atoms with E-state index in [-0.39, 0.29) is 17.7 Å². The average Bonchev–Trinajstić information content (AvgIpc) is 2.83. The summed E-state index contributed by atoms with van der Waals surface area (Å²) in [5, 5.41) is 14.4. The lowest BCUT2D eigenvalue weighted by molar-refractivity contribution is -0.146. The molecule has 1 saturated carbocycles.